The minimum atomic E-state index is -0.333. The molecule has 0 aliphatic rings. The van der Waals surface area contributed by atoms with Gasteiger partial charge in [0.2, 0.25) is 5.88 Å². The number of H-pyrrole nitrogens is 1. The molecule has 0 unspecified atom stereocenters. The van der Waals surface area contributed by atoms with Crippen molar-refractivity contribution in [2.75, 3.05) is 0 Å². The molecular formula is C16H13FN4O2. The molecule has 0 atom stereocenters. The van der Waals surface area contributed by atoms with Gasteiger partial charge in [0.1, 0.15) is 17.3 Å². The summed E-state index contributed by atoms with van der Waals surface area (Å²) in [6, 6.07) is 10.7. The monoisotopic (exact) mass is 312 g/mol. The highest BCUT2D eigenvalue weighted by atomic mass is 19.1. The van der Waals surface area contributed by atoms with Crippen LogP contribution in [-0.4, -0.2) is 21.1 Å². The van der Waals surface area contributed by atoms with Crippen LogP contribution in [0.15, 0.2) is 54.9 Å². The van der Waals surface area contributed by atoms with Gasteiger partial charge in [0.05, 0.1) is 0 Å². The van der Waals surface area contributed by atoms with Crippen LogP contribution < -0.4 is 10.1 Å². The molecule has 2 aromatic heterocycles. The number of amides is 1. The van der Waals surface area contributed by atoms with Gasteiger partial charge in [-0.1, -0.05) is 0 Å². The lowest BCUT2D eigenvalue weighted by atomic mass is 10.2. The quantitative estimate of drug-likeness (QED) is 0.759. The molecule has 6 nitrogen and oxygen atoms in total. The van der Waals surface area contributed by atoms with E-state index in [9.17, 15) is 9.18 Å². The minimum Gasteiger partial charge on any atom is -0.439 e. The lowest BCUT2D eigenvalue weighted by Gasteiger charge is -2.07. The zero-order chi connectivity index (χ0) is 16.1. The Morgan fingerprint density at radius 2 is 2.00 bits per heavy atom. The van der Waals surface area contributed by atoms with Crippen LogP contribution in [0.3, 0.4) is 0 Å². The second-order valence-corrected chi connectivity index (χ2v) is 4.71. The molecule has 1 aromatic carbocycles. The molecule has 2 heterocycles. The first-order chi connectivity index (χ1) is 11.2. The maximum atomic E-state index is 12.9. The highest BCUT2D eigenvalue weighted by molar-refractivity contribution is 5.91. The third-order valence-electron chi connectivity index (χ3n) is 3.03. The van der Waals surface area contributed by atoms with Gasteiger partial charge in [0.25, 0.3) is 5.91 Å². The van der Waals surface area contributed by atoms with Gasteiger partial charge >= 0.3 is 0 Å². The molecule has 0 saturated carbocycles. The molecule has 0 radical (unpaired) electrons. The minimum absolute atomic E-state index is 0.250. The maximum Gasteiger partial charge on any atom is 0.269 e. The number of aromatic amines is 1. The van der Waals surface area contributed by atoms with Crippen LogP contribution in [0.5, 0.6) is 11.6 Å². The van der Waals surface area contributed by atoms with E-state index in [1.54, 1.807) is 24.4 Å². The Hall–Kier alpha value is -3.22. The molecule has 23 heavy (non-hydrogen) atoms. The second-order valence-electron chi connectivity index (χ2n) is 4.71. The van der Waals surface area contributed by atoms with E-state index in [-0.39, 0.29) is 11.7 Å². The fraction of sp³-hybridized carbons (Fsp3) is 0.0625. The van der Waals surface area contributed by atoms with Crippen molar-refractivity contribution in [1.82, 2.24) is 20.5 Å². The summed E-state index contributed by atoms with van der Waals surface area (Å²) < 4.78 is 18.4. The first kappa shape index (κ1) is 14.7. The number of halogens is 1. The van der Waals surface area contributed by atoms with Crippen LogP contribution in [0.4, 0.5) is 4.39 Å². The Kier molecular flexibility index (Phi) is 4.28. The topological polar surface area (TPSA) is 79.9 Å². The Morgan fingerprint density at radius 1 is 1.17 bits per heavy atom. The summed E-state index contributed by atoms with van der Waals surface area (Å²) in [6.07, 6.45) is 3.09. The number of hydrogen-bond donors (Lipinski definition) is 2. The summed E-state index contributed by atoms with van der Waals surface area (Å²) >= 11 is 0. The van der Waals surface area contributed by atoms with Crippen molar-refractivity contribution in [3.8, 4) is 11.6 Å². The fourth-order valence-electron chi connectivity index (χ4n) is 1.90. The number of ether oxygens (including phenoxy) is 1. The lowest BCUT2D eigenvalue weighted by Crippen LogP contribution is -2.23. The van der Waals surface area contributed by atoms with Crippen molar-refractivity contribution in [3.05, 3.63) is 71.9 Å². The van der Waals surface area contributed by atoms with Crippen molar-refractivity contribution in [2.24, 2.45) is 0 Å². The zero-order valence-electron chi connectivity index (χ0n) is 12.0. The first-order valence-corrected chi connectivity index (χ1v) is 6.86. The van der Waals surface area contributed by atoms with Crippen LogP contribution in [0.25, 0.3) is 0 Å². The Bertz CT molecular complexity index is 788. The summed E-state index contributed by atoms with van der Waals surface area (Å²) in [5, 5.41) is 9.07. The van der Waals surface area contributed by atoms with Crippen LogP contribution in [0.1, 0.15) is 16.1 Å². The highest BCUT2D eigenvalue weighted by Gasteiger charge is 2.07. The smallest absolute Gasteiger partial charge is 0.269 e. The second kappa shape index (κ2) is 6.69. The molecule has 0 aliphatic carbocycles. The number of aromatic nitrogens is 3. The van der Waals surface area contributed by atoms with Gasteiger partial charge in [-0.05, 0) is 42.0 Å². The van der Waals surface area contributed by atoms with E-state index in [0.717, 1.165) is 5.56 Å². The van der Waals surface area contributed by atoms with Gasteiger partial charge in [0.15, 0.2) is 0 Å². The van der Waals surface area contributed by atoms with Gasteiger partial charge in [-0.2, -0.15) is 5.10 Å². The average molecular weight is 312 g/mol. The molecule has 0 bridgehead atoms. The van der Waals surface area contributed by atoms with Crippen molar-refractivity contribution >= 4 is 5.91 Å². The summed E-state index contributed by atoms with van der Waals surface area (Å²) in [4.78, 5) is 15.9. The highest BCUT2D eigenvalue weighted by Crippen LogP contribution is 2.20. The van der Waals surface area contributed by atoms with Crippen molar-refractivity contribution in [2.45, 2.75) is 6.54 Å². The molecular weight excluding hydrogens is 299 g/mol. The molecule has 3 rings (SSSR count). The lowest BCUT2D eigenvalue weighted by molar-refractivity contribution is 0.0946. The maximum absolute atomic E-state index is 12.9. The van der Waals surface area contributed by atoms with E-state index in [4.69, 9.17) is 4.74 Å². The van der Waals surface area contributed by atoms with Crippen molar-refractivity contribution in [1.29, 1.82) is 0 Å². The fourth-order valence-corrected chi connectivity index (χ4v) is 1.90. The molecule has 3 aromatic rings. The van der Waals surface area contributed by atoms with Crippen LogP contribution in [0, 0.1) is 5.82 Å². The predicted molar refractivity (Wildman–Crippen MR) is 80.5 cm³/mol. The number of hydrogen-bond acceptors (Lipinski definition) is 4. The third kappa shape index (κ3) is 3.91. The Morgan fingerprint density at radius 3 is 2.74 bits per heavy atom. The van der Waals surface area contributed by atoms with E-state index in [1.165, 1.54) is 30.5 Å². The van der Waals surface area contributed by atoms with E-state index >= 15 is 0 Å². The molecule has 0 fully saturated rings. The van der Waals surface area contributed by atoms with Gasteiger partial charge in [-0.15, -0.1) is 0 Å². The molecule has 0 saturated heterocycles. The van der Waals surface area contributed by atoms with Crippen molar-refractivity contribution < 1.29 is 13.9 Å². The van der Waals surface area contributed by atoms with Crippen LogP contribution >= 0.6 is 0 Å². The van der Waals surface area contributed by atoms with E-state index in [0.29, 0.717) is 23.9 Å². The van der Waals surface area contributed by atoms with Crippen molar-refractivity contribution in [3.63, 3.8) is 0 Å². The largest absolute Gasteiger partial charge is 0.439 e. The van der Waals surface area contributed by atoms with E-state index < -0.39 is 0 Å². The summed E-state index contributed by atoms with van der Waals surface area (Å²) in [5.41, 5.74) is 1.21. The standard InChI is InChI=1S/C16H13FN4O2/c17-12-1-3-13(4-2-12)23-15-9-11(5-7-18-15)10-19-16(22)14-6-8-20-21-14/h1-9H,10H2,(H,19,22)(H,20,21). The number of nitrogens with one attached hydrogen (secondary N) is 2. The normalized spacial score (nSPS) is 10.3. The predicted octanol–water partition coefficient (Wildman–Crippen LogP) is 2.67. The van der Waals surface area contributed by atoms with Gasteiger partial charge in [-0.25, -0.2) is 9.37 Å². The molecule has 0 aliphatic heterocycles. The molecule has 116 valence electrons. The molecule has 1 amide bonds. The summed E-state index contributed by atoms with van der Waals surface area (Å²) in [6.45, 7) is 0.320. The number of nitrogens with zero attached hydrogens (tertiary/aromatic N) is 2. The molecule has 2 N–H and O–H groups in total. The number of pyridine rings is 1. The van der Waals surface area contributed by atoms with E-state index in [1.807, 2.05) is 0 Å². The van der Waals surface area contributed by atoms with Gasteiger partial charge < -0.3 is 10.1 Å². The molecule has 0 spiro atoms. The number of rotatable bonds is 5. The molecule has 7 heteroatoms. The zero-order valence-corrected chi connectivity index (χ0v) is 12.0. The third-order valence-corrected chi connectivity index (χ3v) is 3.03. The Balaban J connectivity index is 1.63. The SMILES string of the molecule is O=C(NCc1ccnc(Oc2ccc(F)cc2)c1)c1ccn[nH]1. The Labute approximate surface area is 131 Å². The first-order valence-electron chi connectivity index (χ1n) is 6.86. The summed E-state index contributed by atoms with van der Waals surface area (Å²) in [5.74, 6) is 0.267. The van der Waals surface area contributed by atoms with Gasteiger partial charge in [0, 0.05) is 25.0 Å². The average Bonchev–Trinajstić information content (AvgIpc) is 3.10. The van der Waals surface area contributed by atoms with Crippen LogP contribution in [0.2, 0.25) is 0 Å². The summed E-state index contributed by atoms with van der Waals surface area (Å²) in [7, 11) is 0. The van der Waals surface area contributed by atoms with E-state index in [2.05, 4.69) is 20.5 Å². The number of carbonyl (C=O) groups excluding carboxylic acids is 1. The van der Waals surface area contributed by atoms with Gasteiger partial charge in [-0.3, -0.25) is 9.89 Å². The number of benzene rings is 1. The van der Waals surface area contributed by atoms with Crippen LogP contribution in [-0.2, 0) is 6.54 Å². The number of carbonyl (C=O) groups is 1.